The Morgan fingerprint density at radius 1 is 1.07 bits per heavy atom. The van der Waals surface area contributed by atoms with Crippen LogP contribution in [0.4, 0.5) is 5.82 Å². The van der Waals surface area contributed by atoms with Crippen LogP contribution in [0.3, 0.4) is 0 Å². The van der Waals surface area contributed by atoms with E-state index in [-0.39, 0.29) is 24.5 Å². The highest BCUT2D eigenvalue weighted by molar-refractivity contribution is 5.94. The SMILES string of the molecule is C/C=C\O/C(=C/CCC)c1c(CNC(=O)c2ccc(N3CCC(CO)CC3)nc2)c(=O)c2cccnc2n1-c1ccccc1.CC. The number of anilines is 1. The molecule has 46 heavy (non-hydrogen) atoms. The van der Waals surface area contributed by atoms with Gasteiger partial charge in [-0.25, -0.2) is 9.97 Å². The van der Waals surface area contributed by atoms with E-state index in [4.69, 9.17) is 4.74 Å². The van der Waals surface area contributed by atoms with Gasteiger partial charge in [0.25, 0.3) is 5.91 Å². The molecular weight excluding hydrogens is 578 g/mol. The summed E-state index contributed by atoms with van der Waals surface area (Å²) in [6.07, 6.45) is 12.0. The van der Waals surface area contributed by atoms with Crippen molar-refractivity contribution >= 4 is 28.5 Å². The van der Waals surface area contributed by atoms with Gasteiger partial charge >= 0.3 is 0 Å². The molecule has 0 atom stereocenters. The van der Waals surface area contributed by atoms with Crippen molar-refractivity contribution in [2.24, 2.45) is 5.92 Å². The van der Waals surface area contributed by atoms with Crippen LogP contribution in [0.15, 0.2) is 90.2 Å². The molecule has 1 amide bonds. The molecule has 9 heteroatoms. The molecule has 9 nitrogen and oxygen atoms in total. The number of nitrogens with one attached hydrogen (secondary N) is 1. The van der Waals surface area contributed by atoms with Crippen molar-refractivity contribution in [2.45, 2.75) is 59.9 Å². The number of pyridine rings is 3. The molecule has 5 rings (SSSR count). The van der Waals surface area contributed by atoms with Gasteiger partial charge in [0.2, 0.25) is 0 Å². The second-order valence-corrected chi connectivity index (χ2v) is 10.8. The highest BCUT2D eigenvalue weighted by Crippen LogP contribution is 2.28. The number of para-hydroxylation sites is 1. The van der Waals surface area contributed by atoms with E-state index in [9.17, 15) is 14.7 Å². The molecule has 1 aliphatic rings. The Balaban J connectivity index is 0.00000235. The number of amides is 1. The Morgan fingerprint density at radius 3 is 2.48 bits per heavy atom. The number of unbranched alkanes of at least 4 members (excludes halogenated alkanes) is 1. The van der Waals surface area contributed by atoms with E-state index in [0.717, 1.165) is 50.3 Å². The molecule has 4 aromatic rings. The average Bonchev–Trinajstić information content (AvgIpc) is 3.12. The summed E-state index contributed by atoms with van der Waals surface area (Å²) in [6.45, 7) is 9.77. The maximum atomic E-state index is 14.1. The third-order valence-electron chi connectivity index (χ3n) is 7.86. The second kappa shape index (κ2) is 17.1. The maximum absolute atomic E-state index is 14.1. The highest BCUT2D eigenvalue weighted by atomic mass is 16.5. The van der Waals surface area contributed by atoms with Crippen LogP contribution in [0, 0.1) is 5.92 Å². The molecule has 242 valence electrons. The van der Waals surface area contributed by atoms with Crippen molar-refractivity contribution in [3.63, 3.8) is 0 Å². The van der Waals surface area contributed by atoms with Crippen LogP contribution >= 0.6 is 0 Å². The van der Waals surface area contributed by atoms with E-state index in [0.29, 0.717) is 39.5 Å². The molecule has 1 aromatic carbocycles. The number of hydrogen-bond acceptors (Lipinski definition) is 7. The molecule has 0 radical (unpaired) electrons. The Bertz CT molecular complexity index is 1690. The van der Waals surface area contributed by atoms with Crippen molar-refractivity contribution < 1.29 is 14.6 Å². The summed E-state index contributed by atoms with van der Waals surface area (Å²) in [7, 11) is 0. The number of fused-ring (bicyclic) bond motifs is 1. The van der Waals surface area contributed by atoms with E-state index < -0.39 is 0 Å². The molecule has 0 unspecified atom stereocenters. The number of piperidine rings is 1. The van der Waals surface area contributed by atoms with Gasteiger partial charge in [-0.05, 0) is 74.6 Å². The Labute approximate surface area is 271 Å². The molecule has 0 bridgehead atoms. The number of nitrogens with zero attached hydrogens (tertiary/aromatic N) is 4. The van der Waals surface area contributed by atoms with Crippen LogP contribution in [0.2, 0.25) is 0 Å². The minimum Gasteiger partial charge on any atom is -0.463 e. The first kappa shape index (κ1) is 34.1. The Morgan fingerprint density at radius 2 is 1.83 bits per heavy atom. The molecule has 1 aliphatic heterocycles. The Kier molecular flexibility index (Phi) is 12.7. The van der Waals surface area contributed by atoms with Gasteiger partial charge in [-0.15, -0.1) is 0 Å². The molecule has 0 aliphatic carbocycles. The van der Waals surface area contributed by atoms with Crippen LogP contribution in [0.1, 0.15) is 75.0 Å². The van der Waals surface area contributed by atoms with Gasteiger partial charge < -0.3 is 20.1 Å². The zero-order valence-electron chi connectivity index (χ0n) is 27.3. The summed E-state index contributed by atoms with van der Waals surface area (Å²) < 4.78 is 8.04. The lowest BCUT2D eigenvalue weighted by atomic mass is 9.98. The summed E-state index contributed by atoms with van der Waals surface area (Å²) in [5, 5.41) is 12.8. The lowest BCUT2D eigenvalue weighted by molar-refractivity contribution is 0.0950. The lowest BCUT2D eigenvalue weighted by Gasteiger charge is -2.31. The predicted octanol–water partition coefficient (Wildman–Crippen LogP) is 6.64. The van der Waals surface area contributed by atoms with E-state index in [1.165, 1.54) is 0 Å². The molecule has 0 spiro atoms. The van der Waals surface area contributed by atoms with Gasteiger partial charge in [-0.2, -0.15) is 0 Å². The van der Waals surface area contributed by atoms with Crippen molar-refractivity contribution in [1.29, 1.82) is 0 Å². The fraction of sp³-hybridized carbons (Fsp3) is 0.351. The first-order valence-electron chi connectivity index (χ1n) is 16.2. The summed E-state index contributed by atoms with van der Waals surface area (Å²) in [6, 6.07) is 16.8. The van der Waals surface area contributed by atoms with Gasteiger partial charge in [0.05, 0.1) is 22.9 Å². The molecular formula is C37H45N5O4. The van der Waals surface area contributed by atoms with Crippen LogP contribution in [0.25, 0.3) is 22.5 Å². The topological polar surface area (TPSA) is 110 Å². The quantitative estimate of drug-likeness (QED) is 0.180. The van der Waals surface area contributed by atoms with Gasteiger partial charge in [0.15, 0.2) is 5.43 Å². The molecule has 1 fully saturated rings. The van der Waals surface area contributed by atoms with Crippen LogP contribution in [-0.2, 0) is 11.3 Å². The summed E-state index contributed by atoms with van der Waals surface area (Å²) in [4.78, 5) is 38.8. The summed E-state index contributed by atoms with van der Waals surface area (Å²) in [5.74, 6) is 1.32. The van der Waals surface area contributed by atoms with Crippen LogP contribution < -0.4 is 15.6 Å². The summed E-state index contributed by atoms with van der Waals surface area (Å²) >= 11 is 0. The number of ether oxygens (including phenoxy) is 1. The Hall–Kier alpha value is -4.76. The lowest BCUT2D eigenvalue weighted by Crippen LogP contribution is -2.35. The largest absolute Gasteiger partial charge is 0.463 e. The number of benzene rings is 1. The second-order valence-electron chi connectivity index (χ2n) is 10.8. The average molecular weight is 624 g/mol. The van der Waals surface area contributed by atoms with Crippen molar-refractivity contribution in [1.82, 2.24) is 19.9 Å². The zero-order valence-corrected chi connectivity index (χ0v) is 27.3. The van der Waals surface area contributed by atoms with Crippen molar-refractivity contribution in [3.05, 3.63) is 112 Å². The molecule has 3 aromatic heterocycles. The normalized spacial score (nSPS) is 13.8. The number of carbonyl (C=O) groups is 1. The highest BCUT2D eigenvalue weighted by Gasteiger charge is 2.24. The number of aromatic nitrogens is 3. The molecule has 0 saturated carbocycles. The number of carbonyl (C=O) groups excluding carboxylic acids is 1. The third kappa shape index (κ3) is 7.90. The van der Waals surface area contributed by atoms with Gasteiger partial charge in [0.1, 0.15) is 17.2 Å². The standard InChI is InChI=1S/C35H39N5O4.C2H6/c1-3-5-13-30(44-21-4-2)32-29(33(42)28-12-9-18-36-34(28)40(32)27-10-7-6-8-11-27)23-38-35(43)26-14-15-31(37-22-26)39-19-16-25(24-41)17-20-39;1-2/h4,6-15,18,21-22,25,41H,3,5,16-17,19-20,23-24H2,1-2H3,(H,38,43);1-2H3/b21-4-,30-13+;. The number of allylic oxidation sites excluding steroid dienone is 2. The van der Waals surface area contributed by atoms with E-state index >= 15 is 0 Å². The van der Waals surface area contributed by atoms with Gasteiger partial charge in [-0.1, -0.05) is 51.5 Å². The third-order valence-corrected chi connectivity index (χ3v) is 7.86. The first-order valence-corrected chi connectivity index (χ1v) is 16.2. The number of rotatable bonds is 11. The molecule has 4 heterocycles. The number of aliphatic hydroxyl groups is 1. The van der Waals surface area contributed by atoms with Crippen LogP contribution in [-0.4, -0.2) is 45.2 Å². The van der Waals surface area contributed by atoms with Crippen molar-refractivity contribution in [3.8, 4) is 5.69 Å². The fourth-order valence-electron chi connectivity index (χ4n) is 5.45. The molecule has 1 saturated heterocycles. The molecule has 2 N–H and O–H groups in total. The van der Waals surface area contributed by atoms with E-state index in [2.05, 4.69) is 27.1 Å². The van der Waals surface area contributed by atoms with Gasteiger partial charge in [0, 0.05) is 49.9 Å². The minimum absolute atomic E-state index is 0.0241. The first-order chi connectivity index (χ1) is 22.5. The fourth-order valence-corrected chi connectivity index (χ4v) is 5.45. The van der Waals surface area contributed by atoms with E-state index in [1.807, 2.05) is 67.8 Å². The van der Waals surface area contributed by atoms with Crippen molar-refractivity contribution in [2.75, 3.05) is 24.6 Å². The minimum atomic E-state index is -0.334. The monoisotopic (exact) mass is 623 g/mol. The summed E-state index contributed by atoms with van der Waals surface area (Å²) in [5.41, 5.74) is 2.43. The van der Waals surface area contributed by atoms with Crippen LogP contribution in [0.5, 0.6) is 0 Å². The number of aliphatic hydroxyl groups excluding tert-OH is 1. The maximum Gasteiger partial charge on any atom is 0.253 e. The van der Waals surface area contributed by atoms with E-state index in [1.54, 1.807) is 42.9 Å². The predicted molar refractivity (Wildman–Crippen MR) is 185 cm³/mol. The van der Waals surface area contributed by atoms with Gasteiger partial charge in [-0.3, -0.25) is 14.2 Å². The zero-order chi connectivity index (χ0) is 32.9. The number of hydrogen-bond donors (Lipinski definition) is 2. The smallest absolute Gasteiger partial charge is 0.253 e.